The highest BCUT2D eigenvalue weighted by molar-refractivity contribution is 6.04. The van der Waals surface area contributed by atoms with Crippen LogP contribution in [0.25, 0.3) is 0 Å². The summed E-state index contributed by atoms with van der Waals surface area (Å²) in [4.78, 5) is 34.6. The lowest BCUT2D eigenvalue weighted by molar-refractivity contribution is -0.263. The number of esters is 1. The van der Waals surface area contributed by atoms with Gasteiger partial charge in [0.05, 0.1) is 17.8 Å². The van der Waals surface area contributed by atoms with Gasteiger partial charge in [0, 0.05) is 44.6 Å². The highest BCUT2D eigenvalue weighted by Gasteiger charge is 2.50. The second kappa shape index (κ2) is 14.1. The number of nitrogens with zero attached hydrogens (tertiary/aromatic N) is 3. The first-order valence-electron chi connectivity index (χ1n) is 15.7. The summed E-state index contributed by atoms with van der Waals surface area (Å²) in [5.74, 6) is -0.654. The maximum absolute atomic E-state index is 14.1. The van der Waals surface area contributed by atoms with Gasteiger partial charge in [-0.3, -0.25) is 14.5 Å². The first-order chi connectivity index (χ1) is 19.1. The van der Waals surface area contributed by atoms with Crippen molar-refractivity contribution in [2.75, 3.05) is 61.5 Å². The minimum absolute atomic E-state index is 0.0328. The Balaban J connectivity index is 1.96. The number of ketones is 1. The number of carbonyl (C=O) groups excluding carboxylic acids is 2. The molecule has 3 aliphatic rings. The Morgan fingerprint density at radius 1 is 1.02 bits per heavy atom. The molecule has 0 amide bonds. The highest BCUT2D eigenvalue weighted by atomic mass is 16.7. The largest absolute Gasteiger partial charge is 0.463 e. The summed E-state index contributed by atoms with van der Waals surface area (Å²) in [5.41, 5.74) is -2.10. The molecule has 3 heterocycles. The highest BCUT2D eigenvalue weighted by Crippen LogP contribution is 2.38. The molecule has 3 fully saturated rings. The number of carbonyl (C=O) groups is 2. The van der Waals surface area contributed by atoms with E-state index in [0.717, 1.165) is 38.9 Å². The molecule has 9 heteroatoms. The van der Waals surface area contributed by atoms with Crippen molar-refractivity contribution in [2.45, 2.75) is 110 Å². The van der Waals surface area contributed by atoms with Gasteiger partial charge in [0.1, 0.15) is 12.0 Å². The average molecular weight is 582 g/mol. The molecule has 0 aromatic heterocycles. The molecule has 0 aliphatic carbocycles. The van der Waals surface area contributed by atoms with Crippen LogP contribution in [0.5, 0.6) is 0 Å². The second-order valence-corrected chi connectivity index (χ2v) is 14.4. The summed E-state index contributed by atoms with van der Waals surface area (Å²) in [6, 6.07) is 0.391. The molecular formula is C32H59N3O6. The lowest BCUT2D eigenvalue weighted by atomic mass is 9.74. The van der Waals surface area contributed by atoms with Crippen LogP contribution in [-0.4, -0.2) is 124 Å². The van der Waals surface area contributed by atoms with Gasteiger partial charge in [-0.2, -0.15) is 0 Å². The van der Waals surface area contributed by atoms with E-state index in [0.29, 0.717) is 24.8 Å². The Hall–Kier alpha value is -1.10. The Bertz CT molecular complexity index is 883. The maximum Gasteiger partial charge on any atom is 0.319 e. The normalized spacial score (nSPS) is 40.9. The molecule has 0 radical (unpaired) electrons. The lowest BCUT2D eigenvalue weighted by Gasteiger charge is -2.45. The third kappa shape index (κ3) is 8.30. The maximum atomic E-state index is 14.1. The minimum atomic E-state index is -1.32. The topological polar surface area (TPSA) is 80.8 Å². The first-order valence-corrected chi connectivity index (χ1v) is 15.7. The third-order valence-corrected chi connectivity index (χ3v) is 10.1. The number of methoxy groups -OCH3 is 1. The van der Waals surface area contributed by atoms with Gasteiger partial charge in [0.25, 0.3) is 0 Å². The van der Waals surface area contributed by atoms with Crippen LogP contribution in [0.15, 0.2) is 0 Å². The molecule has 0 saturated carbocycles. The zero-order valence-corrected chi connectivity index (χ0v) is 27.8. The quantitative estimate of drug-likeness (QED) is 0.357. The van der Waals surface area contributed by atoms with Gasteiger partial charge in [0.15, 0.2) is 12.1 Å². The van der Waals surface area contributed by atoms with E-state index in [9.17, 15) is 9.59 Å². The van der Waals surface area contributed by atoms with Crippen LogP contribution >= 0.6 is 0 Å². The van der Waals surface area contributed by atoms with Crippen LogP contribution in [0.2, 0.25) is 0 Å². The number of hydrogen-bond donors (Lipinski definition) is 0. The summed E-state index contributed by atoms with van der Waals surface area (Å²) in [6.45, 7) is 14.8. The van der Waals surface area contributed by atoms with E-state index < -0.39 is 35.3 Å². The van der Waals surface area contributed by atoms with Gasteiger partial charge < -0.3 is 28.7 Å². The zero-order chi connectivity index (χ0) is 30.7. The zero-order valence-electron chi connectivity index (χ0n) is 27.8. The molecule has 0 bridgehead atoms. The molecule has 0 aromatic carbocycles. The fraction of sp³-hybridized carbons (Fsp3) is 0.938. The smallest absolute Gasteiger partial charge is 0.319 e. The van der Waals surface area contributed by atoms with Crippen molar-refractivity contribution >= 4 is 11.8 Å². The van der Waals surface area contributed by atoms with Crippen molar-refractivity contribution in [2.24, 2.45) is 23.2 Å². The van der Waals surface area contributed by atoms with Crippen LogP contribution in [0.1, 0.15) is 73.6 Å². The van der Waals surface area contributed by atoms with Crippen molar-refractivity contribution in [3.05, 3.63) is 0 Å². The number of cyclic esters (lactones) is 1. The van der Waals surface area contributed by atoms with Crippen molar-refractivity contribution in [1.82, 2.24) is 14.7 Å². The molecule has 3 saturated heterocycles. The van der Waals surface area contributed by atoms with E-state index in [-0.39, 0.29) is 30.5 Å². The molecular weight excluding hydrogens is 522 g/mol. The number of hydrogen-bond acceptors (Lipinski definition) is 9. The monoisotopic (exact) mass is 581 g/mol. The van der Waals surface area contributed by atoms with Crippen molar-refractivity contribution in [3.63, 3.8) is 0 Å². The molecule has 0 N–H and O–H groups in total. The van der Waals surface area contributed by atoms with Gasteiger partial charge in [-0.25, -0.2) is 0 Å². The molecule has 9 nitrogen and oxygen atoms in total. The third-order valence-electron chi connectivity index (χ3n) is 10.1. The summed E-state index contributed by atoms with van der Waals surface area (Å²) >= 11 is 0. The summed E-state index contributed by atoms with van der Waals surface area (Å²) in [5, 5.41) is 0. The van der Waals surface area contributed by atoms with Gasteiger partial charge >= 0.3 is 5.97 Å². The van der Waals surface area contributed by atoms with E-state index in [1.807, 2.05) is 13.8 Å². The molecule has 9 atom stereocenters. The predicted molar refractivity (Wildman–Crippen MR) is 161 cm³/mol. The number of likely N-dealkylation sites (N-methyl/N-ethyl adjacent to an activating group) is 1. The van der Waals surface area contributed by atoms with Crippen LogP contribution < -0.4 is 0 Å². The SMILES string of the molecule is CO[C@]1(C)C[C@@H](C)CN(C)C(C2CCCN(C)C2)COC(=O)C(C)(C)C(=O)[C@H](C)[C@H]1O[C@H]1C[C@@H](N(C)C)C[C@@H](C)O1. The molecule has 0 aromatic rings. The van der Waals surface area contributed by atoms with Crippen LogP contribution in [0.4, 0.5) is 0 Å². The second-order valence-electron chi connectivity index (χ2n) is 14.4. The predicted octanol–water partition coefficient (Wildman–Crippen LogP) is 3.69. The van der Waals surface area contributed by atoms with Crippen LogP contribution in [-0.2, 0) is 28.5 Å². The molecule has 0 spiro atoms. The number of likely N-dealkylation sites (tertiary alicyclic amines) is 1. The summed E-state index contributed by atoms with van der Waals surface area (Å²) < 4.78 is 25.3. The van der Waals surface area contributed by atoms with E-state index in [4.69, 9.17) is 18.9 Å². The Morgan fingerprint density at radius 3 is 2.32 bits per heavy atom. The summed E-state index contributed by atoms with van der Waals surface area (Å²) in [6.07, 6.45) is 3.51. The fourth-order valence-corrected chi connectivity index (χ4v) is 7.53. The van der Waals surface area contributed by atoms with E-state index in [1.54, 1.807) is 21.0 Å². The Morgan fingerprint density at radius 2 is 1.71 bits per heavy atom. The molecule has 3 rings (SSSR count). The lowest BCUT2D eigenvalue weighted by Crippen LogP contribution is -2.55. The molecule has 2 unspecified atom stereocenters. The van der Waals surface area contributed by atoms with E-state index in [1.165, 1.54) is 0 Å². The van der Waals surface area contributed by atoms with E-state index in [2.05, 4.69) is 56.7 Å². The first kappa shape index (κ1) is 34.4. The molecule has 41 heavy (non-hydrogen) atoms. The minimum Gasteiger partial charge on any atom is -0.463 e. The van der Waals surface area contributed by atoms with Gasteiger partial charge in [-0.15, -0.1) is 0 Å². The van der Waals surface area contributed by atoms with Crippen molar-refractivity contribution < 1.29 is 28.5 Å². The Kier molecular flexibility index (Phi) is 11.8. The standard InChI is InChI=1S/C32H59N3O6/c1-21-17-32(6,38-11)29(41-27-16-25(33(7)8)15-22(2)40-27)23(3)28(36)31(4,5)30(37)39-20-26(35(10)18-21)24-13-12-14-34(9)19-24/h21-27,29H,12-20H2,1-11H3/t21-,22-,23+,24?,25+,26?,27+,29-,32-/m1/s1. The van der Waals surface area contributed by atoms with Crippen molar-refractivity contribution in [1.29, 1.82) is 0 Å². The number of ether oxygens (including phenoxy) is 4. The van der Waals surface area contributed by atoms with E-state index >= 15 is 0 Å². The van der Waals surface area contributed by atoms with Gasteiger partial charge in [-0.1, -0.05) is 13.8 Å². The van der Waals surface area contributed by atoms with Crippen LogP contribution in [0, 0.1) is 23.2 Å². The van der Waals surface area contributed by atoms with Gasteiger partial charge in [-0.05, 0) is 99.9 Å². The molecule has 3 aliphatic heterocycles. The summed E-state index contributed by atoms with van der Waals surface area (Å²) in [7, 11) is 10.2. The Labute approximate surface area is 249 Å². The van der Waals surface area contributed by atoms with Crippen molar-refractivity contribution in [3.8, 4) is 0 Å². The molecule has 238 valence electrons. The van der Waals surface area contributed by atoms with Crippen LogP contribution in [0.3, 0.4) is 0 Å². The average Bonchev–Trinajstić information content (AvgIpc) is 2.90. The number of Topliss-reactive ketones (excluding diaryl/α,β-unsaturated/α-hetero) is 1. The van der Waals surface area contributed by atoms with Gasteiger partial charge in [0.2, 0.25) is 0 Å². The number of piperidine rings is 1. The number of rotatable bonds is 5. The fourth-order valence-electron chi connectivity index (χ4n) is 7.53.